The fourth-order valence-corrected chi connectivity index (χ4v) is 5.36. The fourth-order valence-electron chi connectivity index (χ4n) is 4.30. The van der Waals surface area contributed by atoms with Gasteiger partial charge in [0.05, 0.1) is 23.0 Å². The number of hydrogen-bond acceptors (Lipinski definition) is 3. The Kier molecular flexibility index (Phi) is 8.64. The van der Waals surface area contributed by atoms with Gasteiger partial charge in [-0.15, -0.1) is 4.40 Å². The maximum atomic E-state index is 13.3. The van der Waals surface area contributed by atoms with Crippen LogP contribution >= 0.6 is 11.6 Å². The highest BCUT2D eigenvalue weighted by molar-refractivity contribution is 7.90. The van der Waals surface area contributed by atoms with Gasteiger partial charge in [-0.1, -0.05) is 73.2 Å². The molecule has 0 aromatic heterocycles. The second kappa shape index (κ2) is 11.9. The van der Waals surface area contributed by atoms with Crippen molar-refractivity contribution >= 4 is 39.1 Å². The zero-order valence-corrected chi connectivity index (χ0v) is 23.2. The first-order valence-electron chi connectivity index (χ1n) is 12.5. The highest BCUT2D eigenvalue weighted by Gasteiger charge is 2.32. The summed E-state index contributed by atoms with van der Waals surface area (Å²) >= 11 is 6.10. The van der Waals surface area contributed by atoms with Gasteiger partial charge in [-0.05, 0) is 73.6 Å². The molecule has 0 unspecified atom stereocenters. The first kappa shape index (κ1) is 27.5. The van der Waals surface area contributed by atoms with Gasteiger partial charge in [0.1, 0.15) is 0 Å². The largest absolute Gasteiger partial charge is 0.387 e. The van der Waals surface area contributed by atoms with Crippen LogP contribution in [-0.2, 0) is 10.0 Å². The van der Waals surface area contributed by atoms with E-state index in [1.54, 1.807) is 31.2 Å². The summed E-state index contributed by atoms with van der Waals surface area (Å²) in [6, 6.07) is 14.3. The molecule has 2 aromatic rings. The van der Waals surface area contributed by atoms with Crippen LogP contribution in [0.2, 0.25) is 5.02 Å². The van der Waals surface area contributed by atoms with Crippen molar-refractivity contribution in [1.82, 2.24) is 5.01 Å². The summed E-state index contributed by atoms with van der Waals surface area (Å²) in [5.74, 6) is 0.332. The highest BCUT2D eigenvalue weighted by Crippen LogP contribution is 2.36. The lowest BCUT2D eigenvalue weighted by molar-refractivity contribution is 0.419. The van der Waals surface area contributed by atoms with Crippen molar-refractivity contribution in [1.29, 1.82) is 0 Å². The molecule has 4 rings (SSSR count). The van der Waals surface area contributed by atoms with Crippen LogP contribution in [-0.4, -0.2) is 37.5 Å². The van der Waals surface area contributed by atoms with Gasteiger partial charge >= 0.3 is 0 Å². The van der Waals surface area contributed by atoms with E-state index in [2.05, 4.69) is 16.0 Å². The SMILES string of the molecule is C=C(/C=C\C=C/C)[C@H]1CN(C(/N=C(/C)N)=N/S(=O)(=O)c2ccc(C3CCC3)cc2)N=C1c1ccc(Cl)cc1. The first-order chi connectivity index (χ1) is 18.2. The quantitative estimate of drug-likeness (QED) is 0.258. The molecule has 0 bridgehead atoms. The molecule has 1 aliphatic carbocycles. The van der Waals surface area contributed by atoms with E-state index in [0.29, 0.717) is 23.2 Å². The van der Waals surface area contributed by atoms with Crippen LogP contribution in [0, 0.1) is 5.92 Å². The lowest BCUT2D eigenvalue weighted by Crippen LogP contribution is -2.28. The highest BCUT2D eigenvalue weighted by atomic mass is 35.5. The molecule has 1 fully saturated rings. The molecule has 2 aliphatic rings. The van der Waals surface area contributed by atoms with Crippen LogP contribution in [0.15, 0.2) is 104 Å². The molecule has 38 heavy (non-hydrogen) atoms. The van der Waals surface area contributed by atoms with E-state index in [0.717, 1.165) is 29.5 Å². The molecule has 0 spiro atoms. The molecule has 7 nitrogen and oxygen atoms in total. The number of nitrogens with two attached hydrogens (primary N) is 1. The fraction of sp³-hybridized carbons (Fsp3) is 0.276. The van der Waals surface area contributed by atoms with Crippen molar-refractivity contribution in [3.63, 3.8) is 0 Å². The Morgan fingerprint density at radius 1 is 1.13 bits per heavy atom. The zero-order valence-electron chi connectivity index (χ0n) is 21.6. The van der Waals surface area contributed by atoms with E-state index in [9.17, 15) is 8.42 Å². The number of amidine groups is 1. The summed E-state index contributed by atoms with van der Waals surface area (Å²) in [5.41, 5.74) is 9.38. The second-order valence-corrected chi connectivity index (χ2v) is 11.4. The lowest BCUT2D eigenvalue weighted by Gasteiger charge is -2.25. The minimum Gasteiger partial charge on any atom is -0.387 e. The molecule has 2 aromatic carbocycles. The Labute approximate surface area is 229 Å². The first-order valence-corrected chi connectivity index (χ1v) is 14.4. The maximum absolute atomic E-state index is 13.3. The Bertz CT molecular complexity index is 1430. The van der Waals surface area contributed by atoms with Gasteiger partial charge < -0.3 is 5.73 Å². The van der Waals surface area contributed by atoms with E-state index in [-0.39, 0.29) is 22.6 Å². The molecular weight excluding hydrogens is 518 g/mol. The average molecular weight is 550 g/mol. The Morgan fingerprint density at radius 3 is 2.39 bits per heavy atom. The van der Waals surface area contributed by atoms with Gasteiger partial charge in [0.25, 0.3) is 16.0 Å². The third-order valence-electron chi connectivity index (χ3n) is 6.58. The number of sulfonamides is 1. The summed E-state index contributed by atoms with van der Waals surface area (Å²) in [5, 5.41) is 6.82. The van der Waals surface area contributed by atoms with Gasteiger partial charge in [-0.25, -0.2) is 5.01 Å². The van der Waals surface area contributed by atoms with Crippen molar-refractivity contribution in [3.8, 4) is 0 Å². The number of hydrazone groups is 1. The van der Waals surface area contributed by atoms with Gasteiger partial charge in [-0.2, -0.15) is 18.5 Å². The third kappa shape index (κ3) is 6.49. The van der Waals surface area contributed by atoms with Crippen molar-refractivity contribution in [2.24, 2.45) is 26.1 Å². The predicted octanol–water partition coefficient (Wildman–Crippen LogP) is 6.05. The number of benzene rings is 2. The molecule has 0 amide bonds. The van der Waals surface area contributed by atoms with E-state index >= 15 is 0 Å². The van der Waals surface area contributed by atoms with Crippen LogP contribution < -0.4 is 5.73 Å². The van der Waals surface area contributed by atoms with Gasteiger partial charge in [0.2, 0.25) is 0 Å². The standard InChI is InChI=1S/C29H32ClN5O2S/c1-4-5-6-8-20(2)27-19-35(33-28(27)24-11-15-25(30)16-12-24)29(32-21(3)31)34-38(36,37)26-17-13-23(14-18-26)22-9-7-10-22/h4-6,8,11-18,22,27H,2,7,9-10,19H2,1,3H3,(H2,31,32,34)/b5-4-,8-6-/t27-/m1/s1. The molecule has 1 atom stereocenters. The normalized spacial score (nSPS) is 19.3. The monoisotopic (exact) mass is 549 g/mol. The van der Waals surface area contributed by atoms with Crippen LogP contribution in [0.1, 0.15) is 50.2 Å². The summed E-state index contributed by atoms with van der Waals surface area (Å²) in [6.07, 6.45) is 11.1. The lowest BCUT2D eigenvalue weighted by atomic mass is 9.80. The minimum atomic E-state index is -4.07. The molecule has 1 saturated carbocycles. The Morgan fingerprint density at radius 2 is 1.82 bits per heavy atom. The number of aliphatic imine (C=N–C) groups is 1. The molecule has 1 aliphatic heterocycles. The summed E-state index contributed by atoms with van der Waals surface area (Å²) in [7, 11) is -4.07. The number of allylic oxidation sites excluding steroid dienone is 4. The van der Waals surface area contributed by atoms with Crippen LogP contribution in [0.5, 0.6) is 0 Å². The zero-order chi connectivity index (χ0) is 27.3. The Balaban J connectivity index is 1.71. The number of nitrogens with zero attached hydrogens (tertiary/aromatic N) is 4. The molecular formula is C29H32ClN5O2S. The molecule has 0 saturated heterocycles. The number of guanidine groups is 1. The molecule has 198 valence electrons. The van der Waals surface area contributed by atoms with Crippen LogP contribution in [0.25, 0.3) is 0 Å². The van der Waals surface area contributed by atoms with Crippen molar-refractivity contribution in [3.05, 3.63) is 101 Å². The van der Waals surface area contributed by atoms with Crippen molar-refractivity contribution in [2.45, 2.75) is 43.9 Å². The number of hydrogen-bond donors (Lipinski definition) is 1. The predicted molar refractivity (Wildman–Crippen MR) is 156 cm³/mol. The maximum Gasteiger partial charge on any atom is 0.285 e. The van der Waals surface area contributed by atoms with Gasteiger partial charge in [-0.3, -0.25) is 0 Å². The smallest absolute Gasteiger partial charge is 0.285 e. The molecule has 9 heteroatoms. The second-order valence-electron chi connectivity index (χ2n) is 9.40. The summed E-state index contributed by atoms with van der Waals surface area (Å²) in [4.78, 5) is 4.35. The van der Waals surface area contributed by atoms with E-state index in [1.165, 1.54) is 11.4 Å². The molecule has 2 N–H and O–H groups in total. The number of rotatable bonds is 7. The topological polar surface area (TPSA) is 100 Å². The van der Waals surface area contributed by atoms with Crippen LogP contribution in [0.3, 0.4) is 0 Å². The van der Waals surface area contributed by atoms with Gasteiger partial charge in [0.15, 0.2) is 0 Å². The van der Waals surface area contributed by atoms with Crippen molar-refractivity contribution in [2.75, 3.05) is 6.54 Å². The molecule has 0 radical (unpaired) electrons. The average Bonchev–Trinajstić information content (AvgIpc) is 3.29. The van der Waals surface area contributed by atoms with E-state index < -0.39 is 10.0 Å². The summed E-state index contributed by atoms with van der Waals surface area (Å²) in [6.45, 7) is 8.04. The van der Waals surface area contributed by atoms with Gasteiger partial charge in [0, 0.05) is 10.9 Å². The Hall–Kier alpha value is -3.49. The van der Waals surface area contributed by atoms with E-state index in [1.807, 2.05) is 55.5 Å². The van der Waals surface area contributed by atoms with E-state index in [4.69, 9.17) is 22.4 Å². The van der Waals surface area contributed by atoms with Crippen molar-refractivity contribution < 1.29 is 8.42 Å². The summed E-state index contributed by atoms with van der Waals surface area (Å²) < 4.78 is 30.7. The third-order valence-corrected chi connectivity index (χ3v) is 8.10. The van der Waals surface area contributed by atoms with Crippen LogP contribution in [0.4, 0.5) is 0 Å². The number of halogens is 1. The molecule has 1 heterocycles. The minimum absolute atomic E-state index is 0.0966.